The first-order valence-electron chi connectivity index (χ1n) is 7.70. The minimum absolute atomic E-state index is 0.165. The Morgan fingerprint density at radius 1 is 1.33 bits per heavy atom. The minimum atomic E-state index is -0.777. The zero-order chi connectivity index (χ0) is 15.9. The predicted octanol–water partition coefficient (Wildman–Crippen LogP) is 2.80. The van der Waals surface area contributed by atoms with Crippen LogP contribution >= 0.6 is 11.8 Å². The molecule has 0 bridgehead atoms. The number of rotatable bonds is 7. The molecule has 0 aliphatic heterocycles. The Morgan fingerprint density at radius 2 is 1.95 bits per heavy atom. The van der Waals surface area contributed by atoms with Gasteiger partial charge in [0.05, 0.1) is 5.41 Å². The molecule has 2 N–H and O–H groups in total. The van der Waals surface area contributed by atoms with Crippen LogP contribution in [0.25, 0.3) is 0 Å². The second kappa shape index (κ2) is 8.51. The maximum absolute atomic E-state index is 12.2. The molecule has 6 heteroatoms. The summed E-state index contributed by atoms with van der Waals surface area (Å²) in [6.07, 6.45) is 7.20. The second-order valence-electron chi connectivity index (χ2n) is 5.93. The van der Waals surface area contributed by atoms with Gasteiger partial charge in [-0.3, -0.25) is 4.79 Å². The van der Waals surface area contributed by atoms with Crippen molar-refractivity contribution < 1.29 is 14.7 Å². The summed E-state index contributed by atoms with van der Waals surface area (Å²) in [5, 5.41) is 12.4. The van der Waals surface area contributed by atoms with Gasteiger partial charge in [0, 0.05) is 25.4 Å². The van der Waals surface area contributed by atoms with E-state index in [1.54, 1.807) is 23.7 Å². The smallest absolute Gasteiger partial charge is 0.317 e. The van der Waals surface area contributed by atoms with Gasteiger partial charge in [-0.25, -0.2) is 4.79 Å². The number of amides is 2. The van der Waals surface area contributed by atoms with Gasteiger partial charge in [-0.2, -0.15) is 11.8 Å². The molecule has 1 saturated carbocycles. The van der Waals surface area contributed by atoms with Crippen LogP contribution in [-0.2, 0) is 4.79 Å². The maximum Gasteiger partial charge on any atom is 0.317 e. The van der Waals surface area contributed by atoms with Gasteiger partial charge in [0.25, 0.3) is 0 Å². The number of hydrogen-bond acceptors (Lipinski definition) is 3. The van der Waals surface area contributed by atoms with Crippen molar-refractivity contribution in [2.75, 3.05) is 25.6 Å². The van der Waals surface area contributed by atoms with Crippen molar-refractivity contribution in [2.24, 2.45) is 5.41 Å². The molecule has 0 spiro atoms. The Labute approximate surface area is 131 Å². The van der Waals surface area contributed by atoms with Crippen LogP contribution < -0.4 is 5.32 Å². The fourth-order valence-corrected chi connectivity index (χ4v) is 3.77. The SMILES string of the molecule is CCC(CSC)N(C)C(=O)NCC1(C(=O)O)CCCCC1. The van der Waals surface area contributed by atoms with Gasteiger partial charge < -0.3 is 15.3 Å². The van der Waals surface area contributed by atoms with Crippen molar-refractivity contribution in [2.45, 2.75) is 51.5 Å². The molecule has 1 aliphatic rings. The third-order valence-electron chi connectivity index (χ3n) is 4.54. The van der Waals surface area contributed by atoms with Crippen molar-refractivity contribution in [1.29, 1.82) is 0 Å². The molecular weight excluding hydrogens is 288 g/mol. The van der Waals surface area contributed by atoms with E-state index in [1.807, 2.05) is 6.26 Å². The number of carboxylic acids is 1. The van der Waals surface area contributed by atoms with Crippen molar-refractivity contribution in [1.82, 2.24) is 10.2 Å². The normalized spacial score (nSPS) is 18.8. The molecule has 1 unspecified atom stereocenters. The standard InChI is InChI=1S/C15H28N2O3S/c1-4-12(10-21-3)17(2)14(20)16-11-15(13(18)19)8-6-5-7-9-15/h12H,4-11H2,1-3H3,(H,16,20)(H,18,19). The van der Waals surface area contributed by atoms with Crippen molar-refractivity contribution in [3.63, 3.8) is 0 Å². The molecule has 1 fully saturated rings. The average Bonchev–Trinajstić information content (AvgIpc) is 2.50. The molecule has 21 heavy (non-hydrogen) atoms. The second-order valence-corrected chi connectivity index (χ2v) is 6.84. The van der Waals surface area contributed by atoms with Crippen LogP contribution in [0.1, 0.15) is 45.4 Å². The summed E-state index contributed by atoms with van der Waals surface area (Å²) in [5.74, 6) is 0.117. The van der Waals surface area contributed by atoms with Crippen LogP contribution in [-0.4, -0.2) is 53.6 Å². The van der Waals surface area contributed by atoms with Gasteiger partial charge in [-0.15, -0.1) is 0 Å². The molecule has 1 atom stereocenters. The summed E-state index contributed by atoms with van der Waals surface area (Å²) in [7, 11) is 1.79. The highest BCUT2D eigenvalue weighted by atomic mass is 32.2. The largest absolute Gasteiger partial charge is 0.481 e. The number of hydrogen-bond donors (Lipinski definition) is 2. The molecular formula is C15H28N2O3S. The monoisotopic (exact) mass is 316 g/mol. The van der Waals surface area contributed by atoms with Gasteiger partial charge in [0.1, 0.15) is 0 Å². The Hall–Kier alpha value is -0.910. The summed E-state index contributed by atoms with van der Waals surface area (Å²) in [6, 6.07) is 0.0224. The number of carbonyl (C=O) groups is 2. The molecule has 0 aromatic carbocycles. The summed E-state index contributed by atoms with van der Waals surface area (Å²) in [6.45, 7) is 2.30. The predicted molar refractivity (Wildman–Crippen MR) is 86.8 cm³/mol. The van der Waals surface area contributed by atoms with Gasteiger partial charge in [0.2, 0.25) is 0 Å². The quantitative estimate of drug-likeness (QED) is 0.758. The van der Waals surface area contributed by atoms with E-state index in [1.165, 1.54) is 0 Å². The molecule has 5 nitrogen and oxygen atoms in total. The average molecular weight is 316 g/mol. The number of carboxylic acid groups (broad SMARTS) is 1. The van der Waals surface area contributed by atoms with Gasteiger partial charge in [0.15, 0.2) is 0 Å². The molecule has 0 heterocycles. The van der Waals surface area contributed by atoms with Gasteiger partial charge in [-0.05, 0) is 25.5 Å². The van der Waals surface area contributed by atoms with E-state index < -0.39 is 11.4 Å². The molecule has 1 aliphatic carbocycles. The summed E-state index contributed by atoms with van der Waals surface area (Å²) >= 11 is 1.71. The Balaban J connectivity index is 2.59. The molecule has 2 amide bonds. The Bertz CT molecular complexity index is 357. The van der Waals surface area contributed by atoms with Crippen LogP contribution in [0.15, 0.2) is 0 Å². The van der Waals surface area contributed by atoms with E-state index in [2.05, 4.69) is 12.2 Å². The highest BCUT2D eigenvalue weighted by molar-refractivity contribution is 7.98. The zero-order valence-electron chi connectivity index (χ0n) is 13.4. The topological polar surface area (TPSA) is 69.6 Å². The highest BCUT2D eigenvalue weighted by Crippen LogP contribution is 2.36. The lowest BCUT2D eigenvalue weighted by atomic mass is 9.74. The van der Waals surface area contributed by atoms with Crippen LogP contribution in [0.2, 0.25) is 0 Å². The molecule has 0 aromatic heterocycles. The van der Waals surface area contributed by atoms with Crippen LogP contribution in [0.4, 0.5) is 4.79 Å². The van der Waals surface area contributed by atoms with E-state index in [9.17, 15) is 14.7 Å². The first kappa shape index (κ1) is 18.1. The fraction of sp³-hybridized carbons (Fsp3) is 0.867. The van der Waals surface area contributed by atoms with E-state index in [4.69, 9.17) is 0 Å². The summed E-state index contributed by atoms with van der Waals surface area (Å²) in [4.78, 5) is 25.5. The van der Waals surface area contributed by atoms with E-state index in [-0.39, 0.29) is 18.6 Å². The first-order valence-corrected chi connectivity index (χ1v) is 9.09. The van der Waals surface area contributed by atoms with Gasteiger partial charge in [-0.1, -0.05) is 26.2 Å². The molecule has 1 rings (SSSR count). The third kappa shape index (κ3) is 4.80. The molecule has 0 aromatic rings. The first-order chi connectivity index (χ1) is 9.96. The number of urea groups is 1. The lowest BCUT2D eigenvalue weighted by molar-refractivity contribution is -0.150. The van der Waals surface area contributed by atoms with Crippen LogP contribution in [0.5, 0.6) is 0 Å². The minimum Gasteiger partial charge on any atom is -0.481 e. The lowest BCUT2D eigenvalue weighted by Crippen LogP contribution is -2.50. The number of carbonyl (C=O) groups excluding carboxylic acids is 1. The van der Waals surface area contributed by atoms with Crippen molar-refractivity contribution in [3.05, 3.63) is 0 Å². The van der Waals surface area contributed by atoms with E-state index >= 15 is 0 Å². The lowest BCUT2D eigenvalue weighted by Gasteiger charge is -2.34. The number of nitrogens with zero attached hydrogens (tertiary/aromatic N) is 1. The number of thioether (sulfide) groups is 1. The van der Waals surface area contributed by atoms with Crippen LogP contribution in [0.3, 0.4) is 0 Å². The highest BCUT2D eigenvalue weighted by Gasteiger charge is 2.40. The summed E-state index contributed by atoms with van der Waals surface area (Å²) in [5.41, 5.74) is -0.768. The molecule has 0 saturated heterocycles. The molecule has 122 valence electrons. The number of aliphatic carboxylic acids is 1. The zero-order valence-corrected chi connectivity index (χ0v) is 14.2. The third-order valence-corrected chi connectivity index (χ3v) is 5.26. The van der Waals surface area contributed by atoms with Crippen molar-refractivity contribution >= 4 is 23.8 Å². The Morgan fingerprint density at radius 3 is 2.43 bits per heavy atom. The maximum atomic E-state index is 12.2. The van der Waals surface area contributed by atoms with Crippen molar-refractivity contribution in [3.8, 4) is 0 Å². The Kier molecular flexibility index (Phi) is 7.35. The fourth-order valence-electron chi connectivity index (χ4n) is 2.93. The summed E-state index contributed by atoms with van der Waals surface area (Å²) < 4.78 is 0. The van der Waals surface area contributed by atoms with Crippen LogP contribution in [0, 0.1) is 5.41 Å². The molecule has 0 radical (unpaired) electrons. The van der Waals surface area contributed by atoms with E-state index in [0.717, 1.165) is 31.4 Å². The van der Waals surface area contributed by atoms with Gasteiger partial charge >= 0.3 is 12.0 Å². The van der Waals surface area contributed by atoms with E-state index in [0.29, 0.717) is 12.8 Å². The number of nitrogens with one attached hydrogen (secondary N) is 1.